The molecule has 0 bridgehead atoms. The quantitative estimate of drug-likeness (QED) is 0.753. The van der Waals surface area contributed by atoms with Crippen LogP contribution in [0.4, 0.5) is 5.69 Å². The van der Waals surface area contributed by atoms with E-state index in [1.165, 1.54) is 24.6 Å². The third kappa shape index (κ3) is 4.55. The van der Waals surface area contributed by atoms with E-state index >= 15 is 0 Å². The van der Waals surface area contributed by atoms with Gasteiger partial charge in [0, 0.05) is 16.4 Å². The first-order chi connectivity index (χ1) is 11.5. The van der Waals surface area contributed by atoms with E-state index in [1.807, 2.05) is 18.2 Å². The van der Waals surface area contributed by atoms with Crippen molar-refractivity contribution in [1.29, 1.82) is 0 Å². The van der Waals surface area contributed by atoms with Crippen LogP contribution in [0.2, 0.25) is 0 Å². The summed E-state index contributed by atoms with van der Waals surface area (Å²) in [6, 6.07) is 5.68. The normalized spacial score (nSPS) is 15.3. The smallest absolute Gasteiger partial charge is 0.253 e. The SMILES string of the molecule is CC(OCC1CC1)C(=O)Nc1cc(Br)ccc1Sc1nnnn1C. The maximum atomic E-state index is 12.4. The Morgan fingerprint density at radius 1 is 1.54 bits per heavy atom. The fourth-order valence-electron chi connectivity index (χ4n) is 1.97. The van der Waals surface area contributed by atoms with Crippen LogP contribution in [0.15, 0.2) is 32.7 Å². The molecule has 0 aliphatic heterocycles. The summed E-state index contributed by atoms with van der Waals surface area (Å²) in [5.74, 6) is 0.465. The molecular formula is C15H18BrN5O2S. The minimum Gasteiger partial charge on any atom is -0.368 e. The second kappa shape index (κ2) is 7.62. The van der Waals surface area contributed by atoms with Crippen LogP contribution in [0.1, 0.15) is 19.8 Å². The maximum Gasteiger partial charge on any atom is 0.253 e. The summed E-state index contributed by atoms with van der Waals surface area (Å²) in [6.45, 7) is 2.42. The molecule has 1 atom stereocenters. The van der Waals surface area contributed by atoms with Crippen molar-refractivity contribution in [2.45, 2.75) is 35.9 Å². The molecule has 1 heterocycles. The summed E-state index contributed by atoms with van der Waals surface area (Å²) in [6.07, 6.45) is 1.91. The molecule has 1 aromatic carbocycles. The molecule has 1 unspecified atom stereocenters. The van der Waals surface area contributed by atoms with Crippen LogP contribution in [0.3, 0.4) is 0 Å². The highest BCUT2D eigenvalue weighted by Crippen LogP contribution is 2.34. The van der Waals surface area contributed by atoms with Crippen LogP contribution in [0, 0.1) is 5.92 Å². The van der Waals surface area contributed by atoms with Gasteiger partial charge in [0.15, 0.2) is 0 Å². The molecule has 0 saturated heterocycles. The molecule has 24 heavy (non-hydrogen) atoms. The first kappa shape index (κ1) is 17.4. The fraction of sp³-hybridized carbons (Fsp3) is 0.467. The standard InChI is InChI=1S/C15H18BrN5O2S/c1-9(23-8-10-3-4-10)14(22)17-12-7-11(16)5-6-13(12)24-15-18-19-20-21(15)2/h5-7,9-10H,3-4,8H2,1-2H3,(H,17,22). The lowest BCUT2D eigenvalue weighted by atomic mass is 10.3. The Bertz CT molecular complexity index is 734. The van der Waals surface area contributed by atoms with Gasteiger partial charge < -0.3 is 10.1 Å². The van der Waals surface area contributed by atoms with Crippen molar-refractivity contribution >= 4 is 39.3 Å². The van der Waals surface area contributed by atoms with Crippen LogP contribution >= 0.6 is 27.7 Å². The topological polar surface area (TPSA) is 81.9 Å². The summed E-state index contributed by atoms with van der Waals surface area (Å²) in [5.41, 5.74) is 0.698. The number of carbonyl (C=O) groups excluding carboxylic acids is 1. The highest BCUT2D eigenvalue weighted by molar-refractivity contribution is 9.10. The second-order valence-corrected chi connectivity index (χ2v) is 7.66. The lowest BCUT2D eigenvalue weighted by Gasteiger charge is -2.15. The van der Waals surface area contributed by atoms with E-state index in [0.29, 0.717) is 23.4 Å². The van der Waals surface area contributed by atoms with Crippen molar-refractivity contribution in [3.63, 3.8) is 0 Å². The lowest BCUT2D eigenvalue weighted by molar-refractivity contribution is -0.126. The summed E-state index contributed by atoms with van der Waals surface area (Å²) in [4.78, 5) is 13.2. The number of tetrazole rings is 1. The number of ether oxygens (including phenoxy) is 1. The molecule has 1 saturated carbocycles. The van der Waals surface area contributed by atoms with Crippen molar-refractivity contribution in [3.8, 4) is 0 Å². The second-order valence-electron chi connectivity index (χ2n) is 5.74. The van der Waals surface area contributed by atoms with Gasteiger partial charge in [-0.2, -0.15) is 0 Å². The number of nitrogens with one attached hydrogen (secondary N) is 1. The molecule has 0 spiro atoms. The van der Waals surface area contributed by atoms with E-state index in [4.69, 9.17) is 4.74 Å². The molecule has 1 aromatic heterocycles. The Hall–Kier alpha value is -1.45. The Labute approximate surface area is 152 Å². The zero-order valence-corrected chi connectivity index (χ0v) is 15.8. The zero-order chi connectivity index (χ0) is 17.1. The minimum absolute atomic E-state index is 0.160. The van der Waals surface area contributed by atoms with Crippen molar-refractivity contribution in [1.82, 2.24) is 20.2 Å². The van der Waals surface area contributed by atoms with Gasteiger partial charge in [0.1, 0.15) is 6.10 Å². The van der Waals surface area contributed by atoms with Gasteiger partial charge in [-0.1, -0.05) is 15.9 Å². The molecule has 9 heteroatoms. The van der Waals surface area contributed by atoms with Crippen LogP contribution < -0.4 is 5.32 Å². The highest BCUT2D eigenvalue weighted by Gasteiger charge is 2.24. The summed E-state index contributed by atoms with van der Waals surface area (Å²) >= 11 is 4.83. The largest absolute Gasteiger partial charge is 0.368 e. The van der Waals surface area contributed by atoms with Crippen LogP contribution in [0.5, 0.6) is 0 Å². The van der Waals surface area contributed by atoms with Crippen LogP contribution in [0.25, 0.3) is 0 Å². The molecule has 1 fully saturated rings. The number of carbonyl (C=O) groups is 1. The lowest BCUT2D eigenvalue weighted by Crippen LogP contribution is -2.28. The van der Waals surface area contributed by atoms with Gasteiger partial charge in [0.05, 0.1) is 12.3 Å². The zero-order valence-electron chi connectivity index (χ0n) is 13.4. The summed E-state index contributed by atoms with van der Waals surface area (Å²) in [7, 11) is 1.77. The minimum atomic E-state index is -0.487. The number of nitrogens with zero attached hydrogens (tertiary/aromatic N) is 4. The van der Waals surface area contributed by atoms with Gasteiger partial charge in [-0.15, -0.1) is 5.10 Å². The number of anilines is 1. The molecule has 0 radical (unpaired) electrons. The first-order valence-corrected chi connectivity index (χ1v) is 9.26. The van der Waals surface area contributed by atoms with Crippen molar-refractivity contribution in [2.24, 2.45) is 13.0 Å². The van der Waals surface area contributed by atoms with Crippen molar-refractivity contribution < 1.29 is 9.53 Å². The third-order valence-corrected chi connectivity index (χ3v) is 5.23. The van der Waals surface area contributed by atoms with Gasteiger partial charge in [-0.25, -0.2) is 4.68 Å². The van der Waals surface area contributed by atoms with Gasteiger partial charge in [-0.3, -0.25) is 4.79 Å². The Kier molecular flexibility index (Phi) is 5.52. The number of hydrogen-bond donors (Lipinski definition) is 1. The van der Waals surface area contributed by atoms with Crippen molar-refractivity contribution in [2.75, 3.05) is 11.9 Å². The first-order valence-electron chi connectivity index (χ1n) is 7.65. The van der Waals surface area contributed by atoms with Crippen LogP contribution in [-0.2, 0) is 16.6 Å². The fourth-order valence-corrected chi connectivity index (χ4v) is 3.13. The van der Waals surface area contributed by atoms with Gasteiger partial charge in [0.2, 0.25) is 5.16 Å². The molecule has 1 amide bonds. The Morgan fingerprint density at radius 2 is 2.33 bits per heavy atom. The van der Waals surface area contributed by atoms with E-state index in [1.54, 1.807) is 18.7 Å². The third-order valence-electron chi connectivity index (χ3n) is 3.63. The van der Waals surface area contributed by atoms with Gasteiger partial charge >= 0.3 is 0 Å². The monoisotopic (exact) mass is 411 g/mol. The van der Waals surface area contributed by atoms with E-state index in [9.17, 15) is 4.79 Å². The molecule has 2 aromatic rings. The predicted molar refractivity (Wildman–Crippen MR) is 93.8 cm³/mol. The average Bonchev–Trinajstić information content (AvgIpc) is 3.30. The number of benzene rings is 1. The Balaban J connectivity index is 1.70. The molecule has 3 rings (SSSR count). The van der Waals surface area contributed by atoms with E-state index < -0.39 is 6.10 Å². The number of aryl methyl sites for hydroxylation is 1. The van der Waals surface area contributed by atoms with Crippen LogP contribution in [-0.4, -0.2) is 38.8 Å². The predicted octanol–water partition coefficient (Wildman–Crippen LogP) is 2.88. The van der Waals surface area contributed by atoms with E-state index in [0.717, 1.165) is 9.37 Å². The van der Waals surface area contributed by atoms with E-state index in [2.05, 4.69) is 36.8 Å². The molecule has 1 N–H and O–H groups in total. The number of amides is 1. The maximum absolute atomic E-state index is 12.4. The number of hydrogen-bond acceptors (Lipinski definition) is 6. The van der Waals surface area contributed by atoms with Gasteiger partial charge in [0.25, 0.3) is 5.91 Å². The Morgan fingerprint density at radius 3 is 3.00 bits per heavy atom. The number of rotatable bonds is 7. The summed E-state index contributed by atoms with van der Waals surface area (Å²) < 4.78 is 8.09. The van der Waals surface area contributed by atoms with Crippen molar-refractivity contribution in [3.05, 3.63) is 22.7 Å². The van der Waals surface area contributed by atoms with Gasteiger partial charge in [-0.05, 0) is 66.1 Å². The molecular weight excluding hydrogens is 394 g/mol. The molecule has 1 aliphatic rings. The average molecular weight is 412 g/mol. The number of halogens is 1. The summed E-state index contributed by atoms with van der Waals surface area (Å²) in [5, 5.41) is 15.0. The molecule has 1 aliphatic carbocycles. The molecule has 7 nitrogen and oxygen atoms in total. The van der Waals surface area contributed by atoms with E-state index in [-0.39, 0.29) is 5.91 Å². The highest BCUT2D eigenvalue weighted by atomic mass is 79.9. The number of aromatic nitrogens is 4. The molecule has 128 valence electrons.